The molecule has 1 aliphatic heterocycles. The average Bonchev–Trinajstić information content (AvgIpc) is 2.47. The summed E-state index contributed by atoms with van der Waals surface area (Å²) in [6.07, 6.45) is 1.30. The molecular weight excluding hydrogens is 256 g/mol. The normalized spacial score (nSPS) is 16.8. The van der Waals surface area contributed by atoms with Gasteiger partial charge < -0.3 is 19.7 Å². The number of hydrogen-bond acceptors (Lipinski definition) is 4. The molecule has 20 heavy (non-hydrogen) atoms. The van der Waals surface area contributed by atoms with Crippen molar-refractivity contribution in [2.75, 3.05) is 33.8 Å². The van der Waals surface area contributed by atoms with Crippen molar-refractivity contribution in [3.63, 3.8) is 0 Å². The van der Waals surface area contributed by atoms with Gasteiger partial charge in [-0.25, -0.2) is 0 Å². The third kappa shape index (κ3) is 3.87. The van der Waals surface area contributed by atoms with Crippen molar-refractivity contribution in [3.05, 3.63) is 24.3 Å². The van der Waals surface area contributed by atoms with Crippen LogP contribution in [-0.2, 0) is 4.79 Å². The second kappa shape index (κ2) is 7.14. The van der Waals surface area contributed by atoms with Gasteiger partial charge in [0.05, 0.1) is 6.54 Å². The van der Waals surface area contributed by atoms with Crippen molar-refractivity contribution in [1.82, 2.24) is 10.2 Å². The quantitative estimate of drug-likeness (QED) is 0.797. The molecule has 110 valence electrons. The molecule has 1 unspecified atom stereocenters. The topological polar surface area (TPSA) is 50.8 Å². The fraction of sp³-hybridized carbons (Fsp3) is 0.533. The third-order valence-corrected chi connectivity index (χ3v) is 3.29. The smallest absolute Gasteiger partial charge is 0.222 e. The van der Waals surface area contributed by atoms with Crippen LogP contribution in [0.4, 0.5) is 0 Å². The Morgan fingerprint density at radius 3 is 2.90 bits per heavy atom. The van der Waals surface area contributed by atoms with Gasteiger partial charge in [0.1, 0.15) is 6.61 Å². The molecule has 0 aliphatic carbocycles. The van der Waals surface area contributed by atoms with Gasteiger partial charge in [-0.05, 0) is 32.1 Å². The fourth-order valence-corrected chi connectivity index (χ4v) is 2.17. The molecule has 1 atom stereocenters. The maximum atomic E-state index is 11.9. The minimum absolute atomic E-state index is 0.108. The Balaban J connectivity index is 1.81. The maximum Gasteiger partial charge on any atom is 0.222 e. The standard InChI is InChI=1S/C15H22N2O3/c1-16-9-5-8-15(18)17(2)10-12-11-19-13-6-3-4-7-14(13)20-12/h3-4,6-7,12,16H,5,8-11H2,1-2H3. The molecule has 5 heteroatoms. The van der Waals surface area contributed by atoms with Crippen LogP contribution in [0.5, 0.6) is 11.5 Å². The van der Waals surface area contributed by atoms with Crippen molar-refractivity contribution in [2.24, 2.45) is 0 Å². The summed E-state index contributed by atoms with van der Waals surface area (Å²) >= 11 is 0. The highest BCUT2D eigenvalue weighted by Gasteiger charge is 2.23. The van der Waals surface area contributed by atoms with Crippen molar-refractivity contribution in [1.29, 1.82) is 0 Å². The number of para-hydroxylation sites is 2. The van der Waals surface area contributed by atoms with Crippen LogP contribution in [0.2, 0.25) is 0 Å². The number of fused-ring (bicyclic) bond motifs is 1. The van der Waals surface area contributed by atoms with Gasteiger partial charge in [0.25, 0.3) is 0 Å². The molecule has 0 saturated carbocycles. The molecule has 0 saturated heterocycles. The number of carbonyl (C=O) groups excluding carboxylic acids is 1. The van der Waals surface area contributed by atoms with Gasteiger partial charge in [0.15, 0.2) is 17.6 Å². The molecule has 0 bridgehead atoms. The first-order valence-corrected chi connectivity index (χ1v) is 6.97. The van der Waals surface area contributed by atoms with E-state index in [1.165, 1.54) is 0 Å². The van der Waals surface area contributed by atoms with E-state index in [0.717, 1.165) is 24.5 Å². The lowest BCUT2D eigenvalue weighted by molar-refractivity contribution is -0.131. The Morgan fingerprint density at radius 1 is 1.40 bits per heavy atom. The molecule has 1 heterocycles. The summed E-state index contributed by atoms with van der Waals surface area (Å²) in [6, 6.07) is 7.60. The third-order valence-electron chi connectivity index (χ3n) is 3.29. The van der Waals surface area contributed by atoms with Gasteiger partial charge >= 0.3 is 0 Å². The Morgan fingerprint density at radius 2 is 2.15 bits per heavy atom. The van der Waals surface area contributed by atoms with E-state index in [1.807, 2.05) is 38.4 Å². The predicted molar refractivity (Wildman–Crippen MR) is 77.2 cm³/mol. The number of nitrogens with zero attached hydrogens (tertiary/aromatic N) is 1. The number of rotatable bonds is 6. The summed E-state index contributed by atoms with van der Waals surface area (Å²) < 4.78 is 11.5. The molecule has 0 fully saturated rings. The molecule has 1 aromatic carbocycles. The van der Waals surface area contributed by atoms with Crippen LogP contribution in [-0.4, -0.2) is 50.7 Å². The Kier molecular flexibility index (Phi) is 5.24. The van der Waals surface area contributed by atoms with E-state index in [9.17, 15) is 4.79 Å². The van der Waals surface area contributed by atoms with E-state index in [2.05, 4.69) is 5.32 Å². The van der Waals surface area contributed by atoms with Gasteiger partial charge in [0, 0.05) is 13.5 Å². The molecule has 1 aromatic rings. The Labute approximate surface area is 119 Å². The van der Waals surface area contributed by atoms with Gasteiger partial charge in [-0.3, -0.25) is 4.79 Å². The van der Waals surface area contributed by atoms with E-state index < -0.39 is 0 Å². The first-order chi connectivity index (χ1) is 9.70. The van der Waals surface area contributed by atoms with Gasteiger partial charge in [0.2, 0.25) is 5.91 Å². The molecule has 1 amide bonds. The van der Waals surface area contributed by atoms with Crippen LogP contribution < -0.4 is 14.8 Å². The van der Waals surface area contributed by atoms with Crippen molar-refractivity contribution < 1.29 is 14.3 Å². The lowest BCUT2D eigenvalue weighted by atomic mass is 10.2. The number of hydrogen-bond donors (Lipinski definition) is 1. The van der Waals surface area contributed by atoms with Crippen LogP contribution in [0.3, 0.4) is 0 Å². The monoisotopic (exact) mass is 278 g/mol. The highest BCUT2D eigenvalue weighted by atomic mass is 16.6. The summed E-state index contributed by atoms with van der Waals surface area (Å²) in [5.74, 6) is 1.66. The second-order valence-electron chi connectivity index (χ2n) is 4.98. The number of carbonyl (C=O) groups is 1. The van der Waals surface area contributed by atoms with Crippen LogP contribution in [0.15, 0.2) is 24.3 Å². The number of likely N-dealkylation sites (N-methyl/N-ethyl adjacent to an activating group) is 1. The first-order valence-electron chi connectivity index (χ1n) is 6.97. The summed E-state index contributed by atoms with van der Waals surface area (Å²) in [5.41, 5.74) is 0. The maximum absolute atomic E-state index is 11.9. The summed E-state index contributed by atoms with van der Waals surface area (Å²) in [4.78, 5) is 13.7. The van der Waals surface area contributed by atoms with Gasteiger partial charge in [-0.15, -0.1) is 0 Å². The molecule has 0 aromatic heterocycles. The average molecular weight is 278 g/mol. The van der Waals surface area contributed by atoms with Crippen LogP contribution >= 0.6 is 0 Å². The zero-order valence-corrected chi connectivity index (χ0v) is 12.1. The second-order valence-corrected chi connectivity index (χ2v) is 4.98. The van der Waals surface area contributed by atoms with Crippen molar-refractivity contribution in [2.45, 2.75) is 18.9 Å². The van der Waals surface area contributed by atoms with Crippen molar-refractivity contribution in [3.8, 4) is 11.5 Å². The number of benzene rings is 1. The van der Waals surface area contributed by atoms with E-state index in [-0.39, 0.29) is 12.0 Å². The Bertz CT molecular complexity index is 450. The lowest BCUT2D eigenvalue weighted by Gasteiger charge is -2.29. The van der Waals surface area contributed by atoms with E-state index in [1.54, 1.807) is 4.90 Å². The molecule has 0 radical (unpaired) electrons. The minimum Gasteiger partial charge on any atom is -0.486 e. The first kappa shape index (κ1) is 14.7. The number of ether oxygens (including phenoxy) is 2. The molecular formula is C15H22N2O3. The zero-order valence-electron chi connectivity index (χ0n) is 12.1. The van der Waals surface area contributed by atoms with Crippen molar-refractivity contribution >= 4 is 5.91 Å². The van der Waals surface area contributed by atoms with Crippen LogP contribution in [0, 0.1) is 0 Å². The van der Waals surface area contributed by atoms with Gasteiger partial charge in [-0.1, -0.05) is 12.1 Å². The highest BCUT2D eigenvalue weighted by molar-refractivity contribution is 5.75. The largest absolute Gasteiger partial charge is 0.486 e. The number of nitrogens with one attached hydrogen (secondary N) is 1. The van der Waals surface area contributed by atoms with E-state index >= 15 is 0 Å². The van der Waals surface area contributed by atoms with E-state index in [4.69, 9.17) is 9.47 Å². The summed E-state index contributed by atoms with van der Waals surface area (Å²) in [5, 5.41) is 3.04. The number of amides is 1. The molecule has 2 rings (SSSR count). The molecule has 5 nitrogen and oxygen atoms in total. The van der Waals surface area contributed by atoms with Gasteiger partial charge in [-0.2, -0.15) is 0 Å². The summed E-state index contributed by atoms with van der Waals surface area (Å²) in [6.45, 7) is 1.88. The molecule has 0 spiro atoms. The minimum atomic E-state index is -0.108. The van der Waals surface area contributed by atoms with Crippen LogP contribution in [0.1, 0.15) is 12.8 Å². The predicted octanol–water partition coefficient (Wildman–Crippen LogP) is 1.28. The Hall–Kier alpha value is -1.75. The van der Waals surface area contributed by atoms with E-state index in [0.29, 0.717) is 19.6 Å². The molecule has 1 N–H and O–H groups in total. The highest BCUT2D eigenvalue weighted by Crippen LogP contribution is 2.30. The zero-order chi connectivity index (χ0) is 14.4. The SMILES string of the molecule is CNCCCC(=O)N(C)CC1COc2ccccc2O1. The van der Waals surface area contributed by atoms with Crippen LogP contribution in [0.25, 0.3) is 0 Å². The molecule has 1 aliphatic rings. The lowest BCUT2D eigenvalue weighted by Crippen LogP contribution is -2.41. The summed E-state index contributed by atoms with van der Waals surface area (Å²) in [7, 11) is 3.70. The fourth-order valence-electron chi connectivity index (χ4n) is 2.17.